The zero-order valence-corrected chi connectivity index (χ0v) is 8.88. The van der Waals surface area contributed by atoms with Crippen LogP contribution in [-0.2, 0) is 4.74 Å². The van der Waals surface area contributed by atoms with Crippen molar-refractivity contribution in [2.24, 2.45) is 0 Å². The van der Waals surface area contributed by atoms with Crippen LogP contribution in [0.25, 0.3) is 0 Å². The summed E-state index contributed by atoms with van der Waals surface area (Å²) in [5.74, 6) is -1.06. The first kappa shape index (κ1) is 12.4. The Balaban J connectivity index is 2.46. The number of rotatable bonds is 6. The van der Waals surface area contributed by atoms with Gasteiger partial charge in [0.25, 0.3) is 0 Å². The molecule has 88 valence electrons. The normalized spacial score (nSPS) is 12.1. The fourth-order valence-electron chi connectivity index (χ4n) is 1.11. The van der Waals surface area contributed by atoms with Gasteiger partial charge >= 0.3 is 5.97 Å². The topological polar surface area (TPSA) is 91.7 Å². The second-order valence-corrected chi connectivity index (χ2v) is 3.23. The largest absolute Gasteiger partial charge is 0.477 e. The van der Waals surface area contributed by atoms with Gasteiger partial charge in [-0.1, -0.05) is 0 Å². The number of ether oxygens (including phenoxy) is 1. The van der Waals surface area contributed by atoms with E-state index in [2.05, 4.69) is 10.3 Å². The lowest BCUT2D eigenvalue weighted by atomic mass is 10.3. The highest BCUT2D eigenvalue weighted by Gasteiger charge is 2.05. The molecule has 1 rings (SSSR count). The molecule has 16 heavy (non-hydrogen) atoms. The third-order valence-corrected chi connectivity index (χ3v) is 1.88. The summed E-state index contributed by atoms with van der Waals surface area (Å²) in [5.41, 5.74) is 0.642. The molecule has 0 aromatic carbocycles. The molecule has 0 bridgehead atoms. The molecule has 0 spiro atoms. The lowest BCUT2D eigenvalue weighted by Gasteiger charge is -2.11. The first-order valence-electron chi connectivity index (χ1n) is 4.73. The molecule has 0 radical (unpaired) electrons. The minimum Gasteiger partial charge on any atom is -0.477 e. The maximum absolute atomic E-state index is 10.5. The van der Waals surface area contributed by atoms with Crippen molar-refractivity contribution >= 4 is 11.7 Å². The van der Waals surface area contributed by atoms with Gasteiger partial charge in [0.15, 0.2) is 0 Å². The fraction of sp³-hybridized carbons (Fsp3) is 0.400. The van der Waals surface area contributed by atoms with Gasteiger partial charge in [0.2, 0.25) is 0 Å². The molecule has 1 unspecified atom stereocenters. The number of aliphatic hydroxyl groups is 1. The monoisotopic (exact) mass is 226 g/mol. The van der Waals surface area contributed by atoms with Crippen molar-refractivity contribution in [3.63, 3.8) is 0 Å². The van der Waals surface area contributed by atoms with Crippen molar-refractivity contribution in [3.05, 3.63) is 24.0 Å². The molecule has 3 N–H and O–H groups in total. The molecule has 0 saturated carbocycles. The summed E-state index contributed by atoms with van der Waals surface area (Å²) < 4.78 is 4.76. The Kier molecular flexibility index (Phi) is 4.68. The molecule has 0 fully saturated rings. The quantitative estimate of drug-likeness (QED) is 0.641. The summed E-state index contributed by atoms with van der Waals surface area (Å²) in [6.45, 7) is 0.565. The minimum absolute atomic E-state index is 0.0111. The number of carboxylic acid groups (broad SMARTS) is 1. The molecule has 0 aliphatic rings. The minimum atomic E-state index is -1.06. The molecule has 1 atom stereocenters. The van der Waals surface area contributed by atoms with E-state index in [9.17, 15) is 9.90 Å². The highest BCUT2D eigenvalue weighted by atomic mass is 16.5. The van der Waals surface area contributed by atoms with Gasteiger partial charge in [-0.25, -0.2) is 9.78 Å². The summed E-state index contributed by atoms with van der Waals surface area (Å²) in [7, 11) is 1.51. The number of nitrogens with zero attached hydrogens (tertiary/aromatic N) is 1. The van der Waals surface area contributed by atoms with E-state index in [1.165, 1.54) is 19.4 Å². The number of hydrogen-bond donors (Lipinski definition) is 3. The fourth-order valence-corrected chi connectivity index (χ4v) is 1.11. The van der Waals surface area contributed by atoms with Crippen LogP contribution in [0.3, 0.4) is 0 Å². The van der Waals surface area contributed by atoms with Crippen molar-refractivity contribution < 1.29 is 19.7 Å². The third-order valence-electron chi connectivity index (χ3n) is 1.88. The SMILES string of the molecule is COCC(O)CNc1ccc(C(=O)O)nc1. The standard InChI is InChI=1S/C10H14N2O4/c1-16-6-8(13)5-11-7-2-3-9(10(14)15)12-4-7/h2-4,8,11,13H,5-6H2,1H3,(H,14,15). The Morgan fingerprint density at radius 3 is 2.88 bits per heavy atom. The van der Waals surface area contributed by atoms with Crippen molar-refractivity contribution in [1.82, 2.24) is 4.98 Å². The van der Waals surface area contributed by atoms with Gasteiger partial charge in [0, 0.05) is 13.7 Å². The van der Waals surface area contributed by atoms with E-state index < -0.39 is 12.1 Å². The summed E-state index contributed by atoms with van der Waals surface area (Å²) in [6.07, 6.45) is 0.798. The van der Waals surface area contributed by atoms with Crippen LogP contribution in [0.1, 0.15) is 10.5 Å². The number of methoxy groups -OCH3 is 1. The Bertz CT molecular complexity index is 339. The maximum Gasteiger partial charge on any atom is 0.354 e. The molecular formula is C10H14N2O4. The molecule has 0 saturated heterocycles. The van der Waals surface area contributed by atoms with E-state index >= 15 is 0 Å². The molecule has 1 aromatic rings. The summed E-state index contributed by atoms with van der Waals surface area (Å²) in [4.78, 5) is 14.3. The zero-order chi connectivity index (χ0) is 12.0. The van der Waals surface area contributed by atoms with Crippen LogP contribution in [0.4, 0.5) is 5.69 Å². The lowest BCUT2D eigenvalue weighted by molar-refractivity contribution is 0.0690. The van der Waals surface area contributed by atoms with Gasteiger partial charge in [-0.2, -0.15) is 0 Å². The van der Waals surface area contributed by atoms with Crippen LogP contribution < -0.4 is 5.32 Å². The number of aromatic nitrogens is 1. The van der Waals surface area contributed by atoms with E-state index in [0.717, 1.165) is 0 Å². The predicted molar refractivity (Wildman–Crippen MR) is 57.6 cm³/mol. The second kappa shape index (κ2) is 6.04. The van der Waals surface area contributed by atoms with Gasteiger partial charge < -0.3 is 20.3 Å². The van der Waals surface area contributed by atoms with Crippen LogP contribution in [0.5, 0.6) is 0 Å². The van der Waals surface area contributed by atoms with Crippen LogP contribution in [0.2, 0.25) is 0 Å². The van der Waals surface area contributed by atoms with E-state index in [1.807, 2.05) is 0 Å². The maximum atomic E-state index is 10.5. The van der Waals surface area contributed by atoms with Crippen molar-refractivity contribution in [2.75, 3.05) is 25.6 Å². The molecule has 1 heterocycles. The third kappa shape index (κ3) is 3.84. The van der Waals surface area contributed by atoms with Gasteiger partial charge in [-0.3, -0.25) is 0 Å². The first-order valence-corrected chi connectivity index (χ1v) is 4.73. The number of pyridine rings is 1. The number of anilines is 1. The number of carbonyl (C=O) groups is 1. The van der Waals surface area contributed by atoms with Crippen LogP contribution in [-0.4, -0.2) is 47.5 Å². The molecule has 6 heteroatoms. The average molecular weight is 226 g/mol. The van der Waals surface area contributed by atoms with Gasteiger partial charge in [-0.15, -0.1) is 0 Å². The number of carboxylic acids is 1. The number of aromatic carboxylic acids is 1. The number of aliphatic hydroxyl groups excluding tert-OH is 1. The smallest absolute Gasteiger partial charge is 0.354 e. The van der Waals surface area contributed by atoms with E-state index in [0.29, 0.717) is 12.2 Å². The van der Waals surface area contributed by atoms with Crippen LogP contribution >= 0.6 is 0 Å². The Hall–Kier alpha value is -1.66. The number of hydrogen-bond acceptors (Lipinski definition) is 5. The van der Waals surface area contributed by atoms with Crippen LogP contribution in [0.15, 0.2) is 18.3 Å². The van der Waals surface area contributed by atoms with Gasteiger partial charge in [0.05, 0.1) is 24.6 Å². The Labute approximate surface area is 92.9 Å². The van der Waals surface area contributed by atoms with Crippen molar-refractivity contribution in [2.45, 2.75) is 6.10 Å². The number of nitrogens with one attached hydrogen (secondary N) is 1. The average Bonchev–Trinajstić information content (AvgIpc) is 2.27. The predicted octanol–water partition coefficient (Wildman–Crippen LogP) is 0.199. The molecule has 6 nitrogen and oxygen atoms in total. The summed E-state index contributed by atoms with van der Waals surface area (Å²) in [6, 6.07) is 2.99. The lowest BCUT2D eigenvalue weighted by Crippen LogP contribution is -2.24. The highest BCUT2D eigenvalue weighted by molar-refractivity contribution is 5.85. The van der Waals surface area contributed by atoms with E-state index in [1.54, 1.807) is 6.07 Å². The van der Waals surface area contributed by atoms with Gasteiger partial charge in [0.1, 0.15) is 5.69 Å². The van der Waals surface area contributed by atoms with Crippen LogP contribution in [0, 0.1) is 0 Å². The van der Waals surface area contributed by atoms with Crippen molar-refractivity contribution in [1.29, 1.82) is 0 Å². The summed E-state index contributed by atoms with van der Waals surface area (Å²) in [5, 5.41) is 20.9. The Morgan fingerprint density at radius 1 is 1.62 bits per heavy atom. The molecule has 0 aliphatic carbocycles. The Morgan fingerprint density at radius 2 is 2.38 bits per heavy atom. The second-order valence-electron chi connectivity index (χ2n) is 3.23. The first-order chi connectivity index (χ1) is 7.63. The highest BCUT2D eigenvalue weighted by Crippen LogP contribution is 2.06. The summed E-state index contributed by atoms with van der Waals surface area (Å²) >= 11 is 0. The molecule has 0 amide bonds. The molecule has 0 aliphatic heterocycles. The molecule has 1 aromatic heterocycles. The van der Waals surface area contributed by atoms with E-state index in [-0.39, 0.29) is 12.3 Å². The van der Waals surface area contributed by atoms with Crippen molar-refractivity contribution in [3.8, 4) is 0 Å². The molecular weight excluding hydrogens is 212 g/mol. The van der Waals surface area contributed by atoms with Gasteiger partial charge in [-0.05, 0) is 12.1 Å². The zero-order valence-electron chi connectivity index (χ0n) is 8.88. The van der Waals surface area contributed by atoms with E-state index in [4.69, 9.17) is 9.84 Å².